The largest absolute Gasteiger partial charge is 0.314 e. The van der Waals surface area contributed by atoms with Crippen molar-refractivity contribution in [2.75, 3.05) is 6.54 Å². The second kappa shape index (κ2) is 6.20. The van der Waals surface area contributed by atoms with E-state index in [0.29, 0.717) is 0 Å². The van der Waals surface area contributed by atoms with Crippen LogP contribution in [0.15, 0.2) is 30.3 Å². The smallest absolute Gasteiger partial charge is 0.00788 e. The van der Waals surface area contributed by atoms with Crippen LogP contribution in [-0.2, 0) is 0 Å². The van der Waals surface area contributed by atoms with Crippen molar-refractivity contribution in [1.29, 1.82) is 0 Å². The van der Waals surface area contributed by atoms with Crippen molar-refractivity contribution in [3.8, 4) is 0 Å². The van der Waals surface area contributed by atoms with Gasteiger partial charge >= 0.3 is 0 Å². The number of rotatable bonds is 6. The number of hydrogen-bond acceptors (Lipinski definition) is 1. The third kappa shape index (κ3) is 3.32. The Balaban J connectivity index is 1.69. The first-order chi connectivity index (χ1) is 8.33. The summed E-state index contributed by atoms with van der Waals surface area (Å²) in [4.78, 5) is 0. The molecule has 1 nitrogen and oxygen atoms in total. The summed E-state index contributed by atoms with van der Waals surface area (Å²) < 4.78 is 0. The predicted molar refractivity (Wildman–Crippen MR) is 74.3 cm³/mol. The summed E-state index contributed by atoms with van der Waals surface area (Å²) in [5, 5.41) is 3.72. The highest BCUT2D eigenvalue weighted by Crippen LogP contribution is 2.36. The van der Waals surface area contributed by atoms with E-state index in [1.807, 2.05) is 0 Å². The van der Waals surface area contributed by atoms with Gasteiger partial charge in [0, 0.05) is 6.04 Å². The van der Waals surface area contributed by atoms with E-state index in [-0.39, 0.29) is 0 Å². The molecule has 1 fully saturated rings. The van der Waals surface area contributed by atoms with E-state index in [0.717, 1.165) is 17.9 Å². The molecule has 0 amide bonds. The van der Waals surface area contributed by atoms with Gasteiger partial charge in [-0.3, -0.25) is 0 Å². The normalized spacial score (nSPS) is 23.7. The minimum Gasteiger partial charge on any atom is -0.314 e. The molecular weight excluding hydrogens is 206 g/mol. The zero-order chi connectivity index (χ0) is 12.1. The van der Waals surface area contributed by atoms with Crippen LogP contribution >= 0.6 is 0 Å². The van der Waals surface area contributed by atoms with Crippen LogP contribution in [0.5, 0.6) is 0 Å². The lowest BCUT2D eigenvalue weighted by Crippen LogP contribution is -2.42. The van der Waals surface area contributed by atoms with Crippen LogP contribution in [-0.4, -0.2) is 12.6 Å². The molecule has 0 aliphatic heterocycles. The molecule has 0 atom stereocenters. The Morgan fingerprint density at radius 3 is 2.35 bits per heavy atom. The summed E-state index contributed by atoms with van der Waals surface area (Å²) in [6.07, 6.45) is 5.25. The molecule has 17 heavy (non-hydrogen) atoms. The zero-order valence-electron chi connectivity index (χ0n) is 11.2. The van der Waals surface area contributed by atoms with E-state index >= 15 is 0 Å². The van der Waals surface area contributed by atoms with E-state index in [2.05, 4.69) is 49.5 Å². The molecule has 1 aliphatic rings. The first kappa shape index (κ1) is 12.6. The maximum absolute atomic E-state index is 3.72. The van der Waals surface area contributed by atoms with E-state index in [4.69, 9.17) is 0 Å². The van der Waals surface area contributed by atoms with Crippen molar-refractivity contribution in [3.63, 3.8) is 0 Å². The first-order valence-corrected chi connectivity index (χ1v) is 7.11. The second-order valence-corrected chi connectivity index (χ2v) is 5.37. The average Bonchev–Trinajstić information content (AvgIpc) is 2.33. The zero-order valence-corrected chi connectivity index (χ0v) is 11.2. The summed E-state index contributed by atoms with van der Waals surface area (Å²) in [5.41, 5.74) is 1.52. The van der Waals surface area contributed by atoms with Gasteiger partial charge in [-0.1, -0.05) is 57.0 Å². The molecule has 1 aromatic rings. The van der Waals surface area contributed by atoms with Gasteiger partial charge in [0.05, 0.1) is 0 Å². The predicted octanol–water partition coefficient (Wildman–Crippen LogP) is 3.96. The van der Waals surface area contributed by atoms with Crippen LogP contribution in [0.3, 0.4) is 0 Å². The molecule has 1 aliphatic carbocycles. The fraction of sp³-hybridized carbons (Fsp3) is 0.625. The monoisotopic (exact) mass is 231 g/mol. The van der Waals surface area contributed by atoms with Crippen molar-refractivity contribution in [2.24, 2.45) is 5.92 Å². The summed E-state index contributed by atoms with van der Waals surface area (Å²) in [6.45, 7) is 5.80. The van der Waals surface area contributed by atoms with Crippen molar-refractivity contribution >= 4 is 0 Å². The summed E-state index contributed by atoms with van der Waals surface area (Å²) >= 11 is 0. The molecule has 1 heteroatoms. The summed E-state index contributed by atoms with van der Waals surface area (Å²) in [7, 11) is 0. The SMILES string of the molecule is CCC(CC)CNC1CC(c2ccccc2)C1. The Morgan fingerprint density at radius 1 is 1.12 bits per heavy atom. The van der Waals surface area contributed by atoms with Crippen LogP contribution < -0.4 is 5.32 Å². The van der Waals surface area contributed by atoms with Crippen molar-refractivity contribution in [2.45, 2.75) is 51.5 Å². The maximum atomic E-state index is 3.72. The Morgan fingerprint density at radius 2 is 1.76 bits per heavy atom. The molecule has 0 unspecified atom stereocenters. The van der Waals surface area contributed by atoms with Crippen LogP contribution in [0.1, 0.15) is 51.0 Å². The van der Waals surface area contributed by atoms with Gasteiger partial charge in [0.2, 0.25) is 0 Å². The lowest BCUT2D eigenvalue weighted by Gasteiger charge is -2.37. The topological polar surface area (TPSA) is 12.0 Å². The minimum absolute atomic E-state index is 0.765. The molecule has 0 heterocycles. The van der Waals surface area contributed by atoms with Gasteiger partial charge in [0.15, 0.2) is 0 Å². The van der Waals surface area contributed by atoms with E-state index in [1.54, 1.807) is 0 Å². The number of nitrogens with one attached hydrogen (secondary N) is 1. The molecule has 94 valence electrons. The number of benzene rings is 1. The third-order valence-electron chi connectivity index (χ3n) is 4.26. The van der Waals surface area contributed by atoms with Crippen LogP contribution in [0.2, 0.25) is 0 Å². The third-order valence-corrected chi connectivity index (χ3v) is 4.26. The van der Waals surface area contributed by atoms with Crippen LogP contribution in [0.25, 0.3) is 0 Å². The second-order valence-electron chi connectivity index (χ2n) is 5.37. The van der Waals surface area contributed by atoms with Crippen LogP contribution in [0.4, 0.5) is 0 Å². The van der Waals surface area contributed by atoms with Gasteiger partial charge in [0.25, 0.3) is 0 Å². The lowest BCUT2D eigenvalue weighted by molar-refractivity contribution is 0.272. The van der Waals surface area contributed by atoms with Gasteiger partial charge in [-0.05, 0) is 36.8 Å². The molecule has 0 bridgehead atoms. The highest BCUT2D eigenvalue weighted by Gasteiger charge is 2.29. The molecule has 0 saturated heterocycles. The van der Waals surface area contributed by atoms with Gasteiger partial charge in [0.1, 0.15) is 0 Å². The molecule has 0 spiro atoms. The number of hydrogen-bond donors (Lipinski definition) is 1. The van der Waals surface area contributed by atoms with E-state index in [9.17, 15) is 0 Å². The van der Waals surface area contributed by atoms with E-state index in [1.165, 1.54) is 37.8 Å². The Hall–Kier alpha value is -0.820. The van der Waals surface area contributed by atoms with Crippen molar-refractivity contribution in [1.82, 2.24) is 5.32 Å². The quantitative estimate of drug-likeness (QED) is 0.781. The van der Waals surface area contributed by atoms with Gasteiger partial charge < -0.3 is 5.32 Å². The summed E-state index contributed by atoms with van der Waals surface area (Å²) in [5.74, 6) is 1.67. The molecule has 1 saturated carbocycles. The van der Waals surface area contributed by atoms with Gasteiger partial charge in [-0.15, -0.1) is 0 Å². The first-order valence-electron chi connectivity index (χ1n) is 7.11. The fourth-order valence-electron chi connectivity index (χ4n) is 2.69. The molecule has 0 radical (unpaired) electrons. The highest BCUT2D eigenvalue weighted by atomic mass is 14.9. The van der Waals surface area contributed by atoms with Crippen molar-refractivity contribution < 1.29 is 0 Å². The fourth-order valence-corrected chi connectivity index (χ4v) is 2.69. The molecular formula is C16H25N. The van der Waals surface area contributed by atoms with Crippen LogP contribution in [0, 0.1) is 5.92 Å². The molecule has 2 rings (SSSR count). The Kier molecular flexibility index (Phi) is 4.61. The molecule has 0 aromatic heterocycles. The standard InChI is InChI=1S/C16H25N/c1-3-13(4-2)12-17-16-10-15(11-16)14-8-6-5-7-9-14/h5-9,13,15-17H,3-4,10-12H2,1-2H3. The molecule has 1 aromatic carbocycles. The van der Waals surface area contributed by atoms with Gasteiger partial charge in [-0.25, -0.2) is 0 Å². The highest BCUT2D eigenvalue weighted by molar-refractivity contribution is 5.22. The minimum atomic E-state index is 0.765. The van der Waals surface area contributed by atoms with Crippen molar-refractivity contribution in [3.05, 3.63) is 35.9 Å². The Labute approximate surface area is 106 Å². The lowest BCUT2D eigenvalue weighted by atomic mass is 9.76. The maximum Gasteiger partial charge on any atom is 0.00788 e. The molecule has 1 N–H and O–H groups in total. The van der Waals surface area contributed by atoms with Gasteiger partial charge in [-0.2, -0.15) is 0 Å². The van der Waals surface area contributed by atoms with E-state index < -0.39 is 0 Å². The Bertz CT molecular complexity index is 310. The summed E-state index contributed by atoms with van der Waals surface area (Å²) in [6, 6.07) is 11.7. The average molecular weight is 231 g/mol.